The van der Waals surface area contributed by atoms with Crippen LogP contribution in [0.3, 0.4) is 0 Å². The van der Waals surface area contributed by atoms with Crippen molar-refractivity contribution < 1.29 is 9.15 Å². The highest BCUT2D eigenvalue weighted by Gasteiger charge is 2.07. The van der Waals surface area contributed by atoms with Crippen molar-refractivity contribution in [2.45, 2.75) is 26.7 Å². The average molecular weight is 280 g/mol. The molecule has 0 spiro atoms. The van der Waals surface area contributed by atoms with E-state index in [-0.39, 0.29) is 0 Å². The summed E-state index contributed by atoms with van der Waals surface area (Å²) in [5, 5.41) is 3.81. The van der Waals surface area contributed by atoms with Gasteiger partial charge in [0, 0.05) is 5.02 Å². The summed E-state index contributed by atoms with van der Waals surface area (Å²) in [5.74, 6) is 1.80. The van der Waals surface area contributed by atoms with Crippen LogP contribution in [0.25, 0.3) is 0 Å². The number of furan rings is 1. The van der Waals surface area contributed by atoms with Gasteiger partial charge in [-0.3, -0.25) is 0 Å². The predicted molar refractivity (Wildman–Crippen MR) is 76.2 cm³/mol. The Labute approximate surface area is 118 Å². The zero-order chi connectivity index (χ0) is 13.7. The van der Waals surface area contributed by atoms with E-state index in [9.17, 15) is 0 Å². The van der Waals surface area contributed by atoms with Gasteiger partial charge in [-0.15, -0.1) is 0 Å². The second-order valence-electron chi connectivity index (χ2n) is 4.43. The van der Waals surface area contributed by atoms with Crippen LogP contribution < -0.4 is 5.32 Å². The molecule has 0 radical (unpaired) electrons. The summed E-state index contributed by atoms with van der Waals surface area (Å²) >= 11 is 6.06. The first-order valence-corrected chi connectivity index (χ1v) is 6.62. The number of hydrogen-bond donors (Lipinski definition) is 1. The predicted octanol–water partition coefficient (Wildman–Crippen LogP) is 3.68. The molecule has 0 atom stereocenters. The molecule has 0 amide bonds. The third-order valence-electron chi connectivity index (χ3n) is 2.87. The number of halogens is 1. The third kappa shape index (κ3) is 3.83. The van der Waals surface area contributed by atoms with E-state index in [0.29, 0.717) is 13.2 Å². The number of hydrogen-bond acceptors (Lipinski definition) is 3. The molecule has 2 aromatic rings. The van der Waals surface area contributed by atoms with Crippen molar-refractivity contribution in [2.24, 2.45) is 0 Å². The Balaban J connectivity index is 1.89. The van der Waals surface area contributed by atoms with Gasteiger partial charge in [-0.2, -0.15) is 0 Å². The van der Waals surface area contributed by atoms with E-state index in [2.05, 4.69) is 5.32 Å². The van der Waals surface area contributed by atoms with Gasteiger partial charge in [0.15, 0.2) is 0 Å². The summed E-state index contributed by atoms with van der Waals surface area (Å²) in [4.78, 5) is 0. The van der Waals surface area contributed by atoms with Gasteiger partial charge in [-0.25, -0.2) is 0 Å². The van der Waals surface area contributed by atoms with Crippen molar-refractivity contribution in [3.63, 3.8) is 0 Å². The second-order valence-corrected chi connectivity index (χ2v) is 4.84. The van der Waals surface area contributed by atoms with Crippen LogP contribution in [0.4, 0.5) is 0 Å². The fraction of sp³-hybridized carbons (Fsp3) is 0.333. The van der Waals surface area contributed by atoms with Crippen LogP contribution in [0.2, 0.25) is 5.02 Å². The first kappa shape index (κ1) is 14.1. The average Bonchev–Trinajstić information content (AvgIpc) is 2.73. The van der Waals surface area contributed by atoms with Crippen molar-refractivity contribution in [1.82, 2.24) is 5.32 Å². The van der Waals surface area contributed by atoms with Crippen LogP contribution in [0.15, 0.2) is 34.7 Å². The topological polar surface area (TPSA) is 34.4 Å². The molecule has 0 fully saturated rings. The highest BCUT2D eigenvalue weighted by molar-refractivity contribution is 6.31. The maximum Gasteiger partial charge on any atom is 0.130 e. The standard InChI is InChI=1S/C15H18ClNO2/c1-11-7-13(19-15(11)8-17-2)10-18-9-12-5-3-4-6-14(12)16/h3-7,17H,8-10H2,1-2H3. The summed E-state index contributed by atoms with van der Waals surface area (Å²) in [5.41, 5.74) is 2.13. The number of benzene rings is 1. The van der Waals surface area contributed by atoms with E-state index < -0.39 is 0 Å². The molecular weight excluding hydrogens is 262 g/mol. The molecule has 102 valence electrons. The van der Waals surface area contributed by atoms with Gasteiger partial charge < -0.3 is 14.5 Å². The van der Waals surface area contributed by atoms with Crippen molar-refractivity contribution in [3.8, 4) is 0 Å². The van der Waals surface area contributed by atoms with Gasteiger partial charge >= 0.3 is 0 Å². The van der Waals surface area contributed by atoms with Gasteiger partial charge in [0.25, 0.3) is 0 Å². The van der Waals surface area contributed by atoms with Crippen molar-refractivity contribution in [3.05, 3.63) is 58.0 Å². The van der Waals surface area contributed by atoms with Crippen molar-refractivity contribution >= 4 is 11.6 Å². The molecule has 0 aliphatic heterocycles. The number of aryl methyl sites for hydroxylation is 1. The maximum absolute atomic E-state index is 6.06. The normalized spacial score (nSPS) is 10.9. The molecule has 1 aromatic heterocycles. The Kier molecular flexibility index (Phi) is 5.02. The Hall–Kier alpha value is -1.29. The van der Waals surface area contributed by atoms with E-state index in [4.69, 9.17) is 20.8 Å². The first-order valence-electron chi connectivity index (χ1n) is 6.24. The summed E-state index contributed by atoms with van der Waals surface area (Å²) < 4.78 is 11.3. The first-order chi connectivity index (χ1) is 9.20. The maximum atomic E-state index is 6.06. The van der Waals surface area contributed by atoms with E-state index in [1.54, 1.807) is 0 Å². The molecule has 1 aromatic carbocycles. The van der Waals surface area contributed by atoms with Gasteiger partial charge in [0.05, 0.1) is 13.2 Å². The third-order valence-corrected chi connectivity index (χ3v) is 3.24. The SMILES string of the molecule is CNCc1oc(COCc2ccccc2Cl)cc1C. The fourth-order valence-corrected chi connectivity index (χ4v) is 2.06. The molecule has 4 heteroatoms. The Morgan fingerprint density at radius 1 is 1.26 bits per heavy atom. The molecule has 0 bridgehead atoms. The van der Waals surface area contributed by atoms with Crippen molar-refractivity contribution in [1.29, 1.82) is 0 Å². The lowest BCUT2D eigenvalue weighted by atomic mass is 10.2. The number of nitrogens with one attached hydrogen (secondary N) is 1. The van der Waals surface area contributed by atoms with Gasteiger partial charge in [0.1, 0.15) is 18.1 Å². The van der Waals surface area contributed by atoms with Gasteiger partial charge in [0.2, 0.25) is 0 Å². The molecular formula is C15H18ClNO2. The highest BCUT2D eigenvalue weighted by Crippen LogP contribution is 2.18. The largest absolute Gasteiger partial charge is 0.462 e. The summed E-state index contributed by atoms with van der Waals surface area (Å²) in [6.07, 6.45) is 0. The summed E-state index contributed by atoms with van der Waals surface area (Å²) in [6.45, 7) is 3.71. The molecule has 1 N–H and O–H groups in total. The Morgan fingerprint density at radius 2 is 2.05 bits per heavy atom. The highest BCUT2D eigenvalue weighted by atomic mass is 35.5. The van der Waals surface area contributed by atoms with E-state index >= 15 is 0 Å². The molecule has 0 saturated carbocycles. The van der Waals surface area contributed by atoms with Gasteiger partial charge in [-0.05, 0) is 37.2 Å². The summed E-state index contributed by atoms with van der Waals surface area (Å²) in [6, 6.07) is 9.70. The zero-order valence-electron chi connectivity index (χ0n) is 11.2. The molecule has 2 rings (SSSR count). The molecule has 0 aliphatic carbocycles. The Morgan fingerprint density at radius 3 is 2.79 bits per heavy atom. The molecule has 1 heterocycles. The van der Waals surface area contributed by atoms with Crippen LogP contribution >= 0.6 is 11.6 Å². The molecule has 19 heavy (non-hydrogen) atoms. The molecule has 0 saturated heterocycles. The second kappa shape index (κ2) is 6.75. The molecule has 0 unspecified atom stereocenters. The minimum atomic E-state index is 0.454. The smallest absolute Gasteiger partial charge is 0.130 e. The Bertz CT molecular complexity index is 537. The fourth-order valence-electron chi connectivity index (χ4n) is 1.87. The lowest BCUT2D eigenvalue weighted by molar-refractivity contribution is 0.0920. The number of ether oxygens (including phenoxy) is 1. The van der Waals surface area contributed by atoms with Crippen molar-refractivity contribution in [2.75, 3.05) is 7.05 Å². The lowest BCUT2D eigenvalue weighted by Crippen LogP contribution is -2.04. The minimum absolute atomic E-state index is 0.454. The van der Waals surface area contributed by atoms with E-state index in [1.807, 2.05) is 44.3 Å². The van der Waals surface area contributed by atoms with Crippen LogP contribution in [0.5, 0.6) is 0 Å². The molecule has 3 nitrogen and oxygen atoms in total. The van der Waals surface area contributed by atoms with Crippen LogP contribution in [-0.4, -0.2) is 7.05 Å². The van der Waals surface area contributed by atoms with Gasteiger partial charge in [-0.1, -0.05) is 29.8 Å². The number of rotatable bonds is 6. The van der Waals surface area contributed by atoms with E-state index in [1.165, 1.54) is 0 Å². The summed E-state index contributed by atoms with van der Waals surface area (Å²) in [7, 11) is 1.90. The van der Waals surface area contributed by atoms with Crippen LogP contribution in [0.1, 0.15) is 22.6 Å². The van der Waals surface area contributed by atoms with Crippen LogP contribution in [-0.2, 0) is 24.5 Å². The minimum Gasteiger partial charge on any atom is -0.462 e. The quantitative estimate of drug-likeness (QED) is 0.876. The van der Waals surface area contributed by atoms with Crippen LogP contribution in [0, 0.1) is 6.92 Å². The zero-order valence-corrected chi connectivity index (χ0v) is 12.0. The van der Waals surface area contributed by atoms with E-state index in [0.717, 1.165) is 34.2 Å². The molecule has 0 aliphatic rings. The lowest BCUT2D eigenvalue weighted by Gasteiger charge is -2.04. The monoisotopic (exact) mass is 279 g/mol.